The van der Waals surface area contributed by atoms with Gasteiger partial charge in [-0.3, -0.25) is 14.2 Å². The average molecular weight is 434 g/mol. The highest BCUT2D eigenvalue weighted by Crippen LogP contribution is 2.19. The van der Waals surface area contributed by atoms with E-state index in [1.54, 1.807) is 25.8 Å². The molecule has 0 aliphatic heterocycles. The fourth-order valence-electron chi connectivity index (χ4n) is 2.96. The number of carbonyl (C=O) groups is 1. The molecular weight excluding hydrogens is 402 g/mol. The van der Waals surface area contributed by atoms with E-state index in [0.29, 0.717) is 54.6 Å². The molecule has 0 saturated carbocycles. The minimum atomic E-state index is -0.0562. The van der Waals surface area contributed by atoms with Crippen molar-refractivity contribution in [3.05, 3.63) is 57.5 Å². The van der Waals surface area contributed by atoms with E-state index < -0.39 is 0 Å². The van der Waals surface area contributed by atoms with Gasteiger partial charge in [-0.25, -0.2) is 4.98 Å². The fourth-order valence-corrected chi connectivity index (χ4v) is 3.88. The first kappa shape index (κ1) is 24.1. The highest BCUT2D eigenvalue weighted by Gasteiger charge is 2.15. The molecule has 8 heteroatoms. The Balaban J connectivity index is 1.98. The second-order valence-corrected chi connectivity index (χ2v) is 7.99. The lowest BCUT2D eigenvalue weighted by Gasteiger charge is -2.14. The number of amides is 1. The van der Waals surface area contributed by atoms with Gasteiger partial charge in [0, 0.05) is 58.6 Å². The van der Waals surface area contributed by atoms with Crippen LogP contribution < -0.4 is 10.9 Å². The number of benzene rings is 1. The first-order chi connectivity index (χ1) is 14.6. The maximum Gasteiger partial charge on any atom is 0.257 e. The molecule has 0 unspecified atom stereocenters. The molecule has 30 heavy (non-hydrogen) atoms. The molecule has 0 saturated heterocycles. The van der Waals surface area contributed by atoms with Gasteiger partial charge in [0.25, 0.3) is 5.56 Å². The third-order valence-electron chi connectivity index (χ3n) is 4.56. The summed E-state index contributed by atoms with van der Waals surface area (Å²) in [6.45, 7) is 1.55. The van der Waals surface area contributed by atoms with E-state index in [2.05, 4.69) is 5.32 Å². The fraction of sp³-hybridized carbons (Fsp3) is 0.500. The van der Waals surface area contributed by atoms with Crippen LogP contribution in [0.25, 0.3) is 0 Å². The number of ether oxygens (including phenoxy) is 2. The number of hydrogen-bond donors (Lipinski definition) is 1. The smallest absolute Gasteiger partial charge is 0.257 e. The van der Waals surface area contributed by atoms with Crippen LogP contribution in [0.4, 0.5) is 0 Å². The van der Waals surface area contributed by atoms with E-state index in [9.17, 15) is 9.59 Å². The Morgan fingerprint density at radius 2 is 1.93 bits per heavy atom. The SMILES string of the molecule is COCCCNC(=O)CCCSc1nc(COC)c(Cc2ccccc2)c(=O)n1C. The van der Waals surface area contributed by atoms with Gasteiger partial charge in [0.15, 0.2) is 5.16 Å². The summed E-state index contributed by atoms with van der Waals surface area (Å²) in [4.78, 5) is 29.5. The van der Waals surface area contributed by atoms with Crippen LogP contribution in [0.3, 0.4) is 0 Å². The first-order valence-corrected chi connectivity index (χ1v) is 11.1. The molecule has 2 rings (SSSR count). The molecule has 1 heterocycles. The lowest BCUT2D eigenvalue weighted by Crippen LogP contribution is -2.27. The predicted octanol–water partition coefficient (Wildman–Crippen LogP) is 2.54. The molecule has 0 fully saturated rings. The Morgan fingerprint density at radius 1 is 1.17 bits per heavy atom. The summed E-state index contributed by atoms with van der Waals surface area (Å²) < 4.78 is 11.8. The van der Waals surface area contributed by atoms with Gasteiger partial charge in [-0.1, -0.05) is 42.1 Å². The number of nitrogens with one attached hydrogen (secondary N) is 1. The van der Waals surface area contributed by atoms with Gasteiger partial charge < -0.3 is 14.8 Å². The number of carbonyl (C=O) groups excluding carboxylic acids is 1. The van der Waals surface area contributed by atoms with Gasteiger partial charge in [-0.05, 0) is 18.4 Å². The summed E-state index contributed by atoms with van der Waals surface area (Å²) in [7, 11) is 4.99. The van der Waals surface area contributed by atoms with Crippen molar-refractivity contribution in [1.82, 2.24) is 14.9 Å². The summed E-state index contributed by atoms with van der Waals surface area (Å²) in [6, 6.07) is 9.87. The van der Waals surface area contributed by atoms with Crippen LogP contribution in [0, 0.1) is 0 Å². The molecule has 0 aliphatic rings. The number of methoxy groups -OCH3 is 2. The van der Waals surface area contributed by atoms with Gasteiger partial charge in [0.1, 0.15) is 0 Å². The molecule has 164 valence electrons. The average Bonchev–Trinajstić information content (AvgIpc) is 2.75. The highest BCUT2D eigenvalue weighted by molar-refractivity contribution is 7.99. The maximum absolute atomic E-state index is 13.0. The first-order valence-electron chi connectivity index (χ1n) is 10.1. The summed E-state index contributed by atoms with van der Waals surface area (Å²) in [6.07, 6.45) is 2.49. The number of aromatic nitrogens is 2. The maximum atomic E-state index is 13.0. The summed E-state index contributed by atoms with van der Waals surface area (Å²) in [5.41, 5.74) is 2.33. The Morgan fingerprint density at radius 3 is 2.63 bits per heavy atom. The lowest BCUT2D eigenvalue weighted by atomic mass is 10.0. The molecule has 1 N–H and O–H groups in total. The number of rotatable bonds is 13. The van der Waals surface area contributed by atoms with Crippen LogP contribution >= 0.6 is 11.8 Å². The third kappa shape index (κ3) is 7.59. The third-order valence-corrected chi connectivity index (χ3v) is 5.68. The largest absolute Gasteiger partial charge is 0.385 e. The number of hydrogen-bond acceptors (Lipinski definition) is 6. The van der Waals surface area contributed by atoms with Crippen LogP contribution in [-0.2, 0) is 34.3 Å². The van der Waals surface area contributed by atoms with Crippen molar-refractivity contribution < 1.29 is 14.3 Å². The van der Waals surface area contributed by atoms with Crippen molar-refractivity contribution in [2.75, 3.05) is 33.1 Å². The van der Waals surface area contributed by atoms with Gasteiger partial charge >= 0.3 is 0 Å². The van der Waals surface area contributed by atoms with E-state index in [1.807, 2.05) is 30.3 Å². The standard InChI is InChI=1S/C22H31N3O4S/c1-25-21(27)18(15-17-9-5-4-6-10-17)19(16-29-3)24-22(25)30-14-7-11-20(26)23-12-8-13-28-2/h4-6,9-10H,7-8,11-16H2,1-3H3,(H,23,26). The van der Waals surface area contributed by atoms with Crippen molar-refractivity contribution in [1.29, 1.82) is 0 Å². The molecular formula is C22H31N3O4S. The van der Waals surface area contributed by atoms with Gasteiger partial charge in [-0.2, -0.15) is 0 Å². The second-order valence-electron chi connectivity index (χ2n) is 6.93. The zero-order chi connectivity index (χ0) is 21.8. The van der Waals surface area contributed by atoms with E-state index in [0.717, 1.165) is 12.0 Å². The molecule has 0 radical (unpaired) electrons. The van der Waals surface area contributed by atoms with E-state index >= 15 is 0 Å². The van der Waals surface area contributed by atoms with Crippen LogP contribution in [-0.4, -0.2) is 48.6 Å². The van der Waals surface area contributed by atoms with Gasteiger partial charge in [0.05, 0.1) is 12.3 Å². The van der Waals surface area contributed by atoms with Crippen molar-refractivity contribution in [2.24, 2.45) is 7.05 Å². The zero-order valence-corrected chi connectivity index (χ0v) is 18.8. The highest BCUT2D eigenvalue weighted by atomic mass is 32.2. The van der Waals surface area contributed by atoms with Crippen LogP contribution in [0.15, 0.2) is 40.3 Å². The Labute approximate surface area is 182 Å². The van der Waals surface area contributed by atoms with E-state index in [-0.39, 0.29) is 18.1 Å². The molecule has 0 aliphatic carbocycles. The molecule has 2 aromatic rings. The Hall–Kier alpha value is -2.16. The molecule has 1 amide bonds. The molecule has 0 bridgehead atoms. The van der Waals surface area contributed by atoms with Crippen LogP contribution in [0.5, 0.6) is 0 Å². The predicted molar refractivity (Wildman–Crippen MR) is 119 cm³/mol. The minimum absolute atomic E-state index is 0.0341. The van der Waals surface area contributed by atoms with Crippen molar-refractivity contribution in [2.45, 2.75) is 37.4 Å². The summed E-state index contributed by atoms with van der Waals surface area (Å²) >= 11 is 1.49. The summed E-state index contributed by atoms with van der Waals surface area (Å²) in [5.74, 6) is 0.739. The Kier molecular flexibility index (Phi) is 10.6. The number of nitrogens with zero attached hydrogens (tertiary/aromatic N) is 2. The monoisotopic (exact) mass is 433 g/mol. The van der Waals surface area contributed by atoms with Crippen molar-refractivity contribution in [3.63, 3.8) is 0 Å². The van der Waals surface area contributed by atoms with Crippen molar-refractivity contribution in [3.8, 4) is 0 Å². The molecule has 0 atom stereocenters. The Bertz CT molecular complexity index is 855. The quantitative estimate of drug-likeness (QED) is 0.297. The number of thioether (sulfide) groups is 1. The van der Waals surface area contributed by atoms with E-state index in [4.69, 9.17) is 14.5 Å². The van der Waals surface area contributed by atoms with Crippen molar-refractivity contribution >= 4 is 17.7 Å². The minimum Gasteiger partial charge on any atom is -0.385 e. The van der Waals surface area contributed by atoms with Crippen LogP contribution in [0.2, 0.25) is 0 Å². The lowest BCUT2D eigenvalue weighted by molar-refractivity contribution is -0.121. The molecule has 7 nitrogen and oxygen atoms in total. The summed E-state index contributed by atoms with van der Waals surface area (Å²) in [5, 5.41) is 3.52. The van der Waals surface area contributed by atoms with Crippen LogP contribution in [0.1, 0.15) is 36.1 Å². The molecule has 1 aromatic carbocycles. The van der Waals surface area contributed by atoms with Gasteiger partial charge in [-0.15, -0.1) is 0 Å². The topological polar surface area (TPSA) is 82.5 Å². The zero-order valence-electron chi connectivity index (χ0n) is 18.0. The van der Waals surface area contributed by atoms with E-state index in [1.165, 1.54) is 11.8 Å². The molecule has 0 spiro atoms. The molecule has 1 aromatic heterocycles. The van der Waals surface area contributed by atoms with Gasteiger partial charge in [0.2, 0.25) is 5.91 Å². The second kappa shape index (κ2) is 13.2. The normalized spacial score (nSPS) is 10.9.